The van der Waals surface area contributed by atoms with Gasteiger partial charge in [0, 0.05) is 24.6 Å². The lowest BCUT2D eigenvalue weighted by atomic mass is 9.84. The SMILES string of the molecule is C#CC(Oc1ccccc1CCN(CCCCC(=O)O)C1CCCc2cc(C(=O)O)ccc21)c1ccc(C2CCCCC2)cc1. The molecule has 45 heavy (non-hydrogen) atoms. The lowest BCUT2D eigenvalue weighted by Gasteiger charge is -2.36. The van der Waals surface area contributed by atoms with Crippen LogP contribution in [0.3, 0.4) is 0 Å². The Bertz CT molecular complexity index is 1480. The number of carboxylic acids is 2. The van der Waals surface area contributed by atoms with Gasteiger partial charge in [0.05, 0.1) is 5.56 Å². The van der Waals surface area contributed by atoms with Crippen LogP contribution in [0.2, 0.25) is 0 Å². The molecule has 1 saturated carbocycles. The number of hydrogen-bond acceptors (Lipinski definition) is 4. The van der Waals surface area contributed by atoms with E-state index in [1.165, 1.54) is 43.2 Å². The van der Waals surface area contributed by atoms with Crippen LogP contribution in [-0.2, 0) is 17.6 Å². The zero-order chi connectivity index (χ0) is 31.6. The predicted molar refractivity (Wildman–Crippen MR) is 177 cm³/mol. The molecule has 5 rings (SSSR count). The van der Waals surface area contributed by atoms with Crippen LogP contribution in [0.25, 0.3) is 0 Å². The number of aryl methyl sites for hydroxylation is 1. The molecule has 0 amide bonds. The fraction of sp³-hybridized carbons (Fsp3) is 0.436. The summed E-state index contributed by atoms with van der Waals surface area (Å²) < 4.78 is 6.49. The van der Waals surface area contributed by atoms with Crippen LogP contribution in [0, 0.1) is 12.3 Å². The zero-order valence-corrected chi connectivity index (χ0v) is 26.1. The van der Waals surface area contributed by atoms with E-state index in [-0.39, 0.29) is 12.5 Å². The van der Waals surface area contributed by atoms with Gasteiger partial charge in [-0.15, -0.1) is 6.42 Å². The Morgan fingerprint density at radius 3 is 2.42 bits per heavy atom. The highest BCUT2D eigenvalue weighted by atomic mass is 16.5. The van der Waals surface area contributed by atoms with Crippen molar-refractivity contribution in [3.05, 3.63) is 100 Å². The Labute approximate surface area is 267 Å². The molecule has 2 atom stereocenters. The van der Waals surface area contributed by atoms with E-state index in [1.807, 2.05) is 30.3 Å². The summed E-state index contributed by atoms with van der Waals surface area (Å²) in [6, 6.07) is 22.4. The third-order valence-electron chi connectivity index (χ3n) is 9.55. The Balaban J connectivity index is 1.30. The maximum Gasteiger partial charge on any atom is 0.335 e. The number of hydrogen-bond donors (Lipinski definition) is 2. The second-order valence-corrected chi connectivity index (χ2v) is 12.5. The van der Waals surface area contributed by atoms with Gasteiger partial charge in [-0.3, -0.25) is 9.69 Å². The number of ether oxygens (including phenoxy) is 1. The lowest BCUT2D eigenvalue weighted by Crippen LogP contribution is -2.34. The molecule has 0 radical (unpaired) electrons. The fourth-order valence-electron chi connectivity index (χ4n) is 7.11. The minimum atomic E-state index is -0.910. The van der Waals surface area contributed by atoms with Gasteiger partial charge < -0.3 is 14.9 Å². The zero-order valence-electron chi connectivity index (χ0n) is 26.1. The quantitative estimate of drug-likeness (QED) is 0.141. The summed E-state index contributed by atoms with van der Waals surface area (Å²) in [5, 5.41) is 18.7. The van der Waals surface area contributed by atoms with Crippen LogP contribution in [0.5, 0.6) is 5.75 Å². The minimum absolute atomic E-state index is 0.149. The number of nitrogens with zero attached hydrogens (tertiary/aromatic N) is 1. The number of terminal acetylenes is 1. The van der Waals surface area contributed by atoms with Crippen LogP contribution >= 0.6 is 0 Å². The smallest absolute Gasteiger partial charge is 0.335 e. The van der Waals surface area contributed by atoms with Gasteiger partial charge in [0.1, 0.15) is 5.75 Å². The summed E-state index contributed by atoms with van der Waals surface area (Å²) in [6.45, 7) is 1.52. The van der Waals surface area contributed by atoms with Gasteiger partial charge in [0.15, 0.2) is 6.10 Å². The highest BCUT2D eigenvalue weighted by Crippen LogP contribution is 2.37. The minimum Gasteiger partial charge on any atom is -0.481 e. The first-order chi connectivity index (χ1) is 21.9. The number of fused-ring (bicyclic) bond motifs is 1. The molecule has 0 aliphatic heterocycles. The van der Waals surface area contributed by atoms with Gasteiger partial charge in [0.2, 0.25) is 0 Å². The molecule has 1 fully saturated rings. The largest absolute Gasteiger partial charge is 0.481 e. The molecular formula is C39H45NO5. The summed E-state index contributed by atoms with van der Waals surface area (Å²) in [4.78, 5) is 25.2. The van der Waals surface area contributed by atoms with Gasteiger partial charge in [-0.2, -0.15) is 0 Å². The van der Waals surface area contributed by atoms with Crippen molar-refractivity contribution in [1.29, 1.82) is 0 Å². The van der Waals surface area contributed by atoms with E-state index in [1.54, 1.807) is 6.07 Å². The summed E-state index contributed by atoms with van der Waals surface area (Å²) in [7, 11) is 0. The van der Waals surface area contributed by atoms with Crippen molar-refractivity contribution in [3.63, 3.8) is 0 Å². The summed E-state index contributed by atoms with van der Waals surface area (Å²) in [5.41, 5.74) is 6.03. The number of unbranched alkanes of at least 4 members (excludes halogenated alkanes) is 1. The van der Waals surface area contributed by atoms with Gasteiger partial charge in [-0.05, 0) is 104 Å². The second-order valence-electron chi connectivity index (χ2n) is 12.5. The molecule has 6 heteroatoms. The maximum absolute atomic E-state index is 11.6. The van der Waals surface area contributed by atoms with E-state index in [0.29, 0.717) is 17.9 Å². The van der Waals surface area contributed by atoms with Crippen LogP contribution in [0.15, 0.2) is 66.7 Å². The molecular weight excluding hydrogens is 562 g/mol. The second kappa shape index (κ2) is 15.8. The maximum atomic E-state index is 11.6. The molecule has 0 aromatic heterocycles. The van der Waals surface area contributed by atoms with E-state index >= 15 is 0 Å². The number of aromatic carboxylic acids is 1. The number of benzene rings is 3. The standard InChI is InChI=1S/C39H45NO5/c1-2-36(31-20-18-29(19-21-31)28-11-4-3-5-12-28)45-37-16-7-6-13-30(37)24-26-40(25-9-8-17-38(41)42)35-15-10-14-32-27-33(39(43)44)22-23-34(32)35/h1,6-7,13,16,18-23,27-28,35-36H,3-5,8-12,14-15,17,24-26H2,(H,41,42)(H,43,44). The fourth-order valence-corrected chi connectivity index (χ4v) is 7.11. The third kappa shape index (κ3) is 8.55. The number of carboxylic acid groups (broad SMARTS) is 2. The Morgan fingerprint density at radius 1 is 0.911 bits per heavy atom. The number of carbonyl (C=O) groups is 2. The van der Waals surface area contributed by atoms with Crippen LogP contribution in [0.1, 0.15) is 120 Å². The topological polar surface area (TPSA) is 87.1 Å². The number of aliphatic carboxylic acids is 1. The predicted octanol–water partition coefficient (Wildman–Crippen LogP) is 8.36. The van der Waals surface area contributed by atoms with Gasteiger partial charge in [0.25, 0.3) is 0 Å². The molecule has 2 aliphatic rings. The van der Waals surface area contributed by atoms with Crippen molar-refractivity contribution in [2.75, 3.05) is 13.1 Å². The molecule has 2 unspecified atom stereocenters. The summed E-state index contributed by atoms with van der Waals surface area (Å²) in [5.74, 6) is 2.59. The van der Waals surface area contributed by atoms with E-state index in [4.69, 9.17) is 16.3 Å². The molecule has 0 spiro atoms. The Morgan fingerprint density at radius 2 is 1.69 bits per heavy atom. The highest BCUT2D eigenvalue weighted by molar-refractivity contribution is 5.88. The number of para-hydroxylation sites is 1. The Kier molecular flexibility index (Phi) is 11.3. The molecule has 2 N–H and O–H groups in total. The van der Waals surface area contributed by atoms with Crippen molar-refractivity contribution >= 4 is 11.9 Å². The highest BCUT2D eigenvalue weighted by Gasteiger charge is 2.27. The first kappa shape index (κ1) is 32.3. The molecule has 3 aromatic carbocycles. The van der Waals surface area contributed by atoms with E-state index in [9.17, 15) is 14.7 Å². The van der Waals surface area contributed by atoms with E-state index in [0.717, 1.165) is 67.6 Å². The van der Waals surface area contributed by atoms with Gasteiger partial charge in [-0.25, -0.2) is 4.79 Å². The van der Waals surface area contributed by atoms with Crippen molar-refractivity contribution in [1.82, 2.24) is 4.90 Å². The van der Waals surface area contributed by atoms with E-state index in [2.05, 4.69) is 41.2 Å². The van der Waals surface area contributed by atoms with Crippen LogP contribution in [-0.4, -0.2) is 40.1 Å². The van der Waals surface area contributed by atoms with Crippen molar-refractivity contribution in [2.24, 2.45) is 0 Å². The summed E-state index contributed by atoms with van der Waals surface area (Å²) in [6.07, 6.45) is 17.1. The normalized spacial score (nSPS) is 17.3. The van der Waals surface area contributed by atoms with Gasteiger partial charge in [-0.1, -0.05) is 73.7 Å². The molecule has 6 nitrogen and oxygen atoms in total. The lowest BCUT2D eigenvalue weighted by molar-refractivity contribution is -0.137. The average molecular weight is 608 g/mol. The van der Waals surface area contributed by atoms with Gasteiger partial charge >= 0.3 is 11.9 Å². The van der Waals surface area contributed by atoms with Crippen LogP contribution in [0.4, 0.5) is 0 Å². The van der Waals surface area contributed by atoms with Crippen LogP contribution < -0.4 is 4.74 Å². The average Bonchev–Trinajstić information content (AvgIpc) is 3.07. The van der Waals surface area contributed by atoms with Crippen molar-refractivity contribution < 1.29 is 24.5 Å². The first-order valence-corrected chi connectivity index (χ1v) is 16.6. The first-order valence-electron chi connectivity index (χ1n) is 16.6. The molecule has 2 aliphatic carbocycles. The number of rotatable bonds is 14. The third-order valence-corrected chi connectivity index (χ3v) is 9.55. The molecule has 0 saturated heterocycles. The summed E-state index contributed by atoms with van der Waals surface area (Å²) >= 11 is 0. The molecule has 3 aromatic rings. The molecule has 0 heterocycles. The van der Waals surface area contributed by atoms with Crippen molar-refractivity contribution in [3.8, 4) is 18.1 Å². The molecule has 0 bridgehead atoms. The van der Waals surface area contributed by atoms with E-state index < -0.39 is 18.0 Å². The monoisotopic (exact) mass is 607 g/mol. The van der Waals surface area contributed by atoms with Crippen molar-refractivity contribution in [2.45, 2.75) is 95.1 Å². The molecule has 236 valence electrons. The Hall–Kier alpha value is -4.08.